The first kappa shape index (κ1) is 18.1. The van der Waals surface area contributed by atoms with Crippen molar-refractivity contribution in [2.45, 2.75) is 70.6 Å². The molecule has 0 bridgehead atoms. The molecule has 130 valence electrons. The van der Waals surface area contributed by atoms with E-state index in [1.54, 1.807) is 0 Å². The van der Waals surface area contributed by atoms with Gasteiger partial charge in [0.1, 0.15) is 5.75 Å². The summed E-state index contributed by atoms with van der Waals surface area (Å²) in [5.41, 5.74) is 7.50. The Balaban J connectivity index is 1.87. The molecule has 4 heteroatoms. The molecule has 0 spiro atoms. The molecule has 1 aliphatic carbocycles. The van der Waals surface area contributed by atoms with Crippen LogP contribution in [0, 0.1) is 0 Å². The highest BCUT2D eigenvalue weighted by Crippen LogP contribution is 2.28. The minimum Gasteiger partial charge on any atom is -0.489 e. The molecule has 1 atom stereocenters. The average molecular weight is 320 g/mol. The molecule has 2 rings (SSSR count). The first-order chi connectivity index (χ1) is 11.0. The Morgan fingerprint density at radius 3 is 2.57 bits per heavy atom. The highest BCUT2D eigenvalue weighted by molar-refractivity contribution is 5.54. The number of ether oxygens (including phenoxy) is 1. The number of hydrogen-bond donors (Lipinski definition) is 2. The zero-order valence-corrected chi connectivity index (χ0v) is 14.8. The molecule has 1 aliphatic rings. The molecule has 23 heavy (non-hydrogen) atoms. The zero-order valence-electron chi connectivity index (χ0n) is 14.8. The minimum absolute atomic E-state index is 0.0946. The fourth-order valence-corrected chi connectivity index (χ4v) is 3.33. The molecular weight excluding hydrogens is 288 g/mol. The third-order valence-electron chi connectivity index (χ3n) is 4.73. The van der Waals surface area contributed by atoms with Crippen LogP contribution < -0.4 is 10.5 Å². The second kappa shape index (κ2) is 8.55. The molecule has 1 aromatic carbocycles. The van der Waals surface area contributed by atoms with Crippen molar-refractivity contribution in [2.75, 3.05) is 19.3 Å². The van der Waals surface area contributed by atoms with Crippen LogP contribution in [0.25, 0.3) is 0 Å². The summed E-state index contributed by atoms with van der Waals surface area (Å²) in [5.74, 6) is 0.690. The molecule has 0 saturated heterocycles. The molecule has 3 N–H and O–H groups in total. The van der Waals surface area contributed by atoms with Crippen LogP contribution in [0.4, 0.5) is 5.69 Å². The lowest BCUT2D eigenvalue weighted by Crippen LogP contribution is -2.34. The Bertz CT molecular complexity index is 484. The fraction of sp³-hybridized carbons (Fsp3) is 0.684. The van der Waals surface area contributed by atoms with E-state index < -0.39 is 6.10 Å². The van der Waals surface area contributed by atoms with Crippen molar-refractivity contribution in [1.29, 1.82) is 0 Å². The van der Waals surface area contributed by atoms with E-state index >= 15 is 0 Å². The third kappa shape index (κ3) is 5.40. The predicted octanol–water partition coefficient (Wildman–Crippen LogP) is 3.74. The lowest BCUT2D eigenvalue weighted by Gasteiger charge is -2.31. The van der Waals surface area contributed by atoms with Gasteiger partial charge in [0.25, 0.3) is 0 Å². The van der Waals surface area contributed by atoms with Crippen molar-refractivity contribution >= 4 is 5.69 Å². The predicted molar refractivity (Wildman–Crippen MR) is 95.7 cm³/mol. The maximum absolute atomic E-state index is 10.4. The Labute approximate surface area is 140 Å². The van der Waals surface area contributed by atoms with Crippen molar-refractivity contribution in [3.63, 3.8) is 0 Å². The van der Waals surface area contributed by atoms with Gasteiger partial charge in [0.15, 0.2) is 0 Å². The summed E-state index contributed by atoms with van der Waals surface area (Å²) in [5, 5.41) is 10.4. The van der Waals surface area contributed by atoms with Gasteiger partial charge in [-0.15, -0.1) is 0 Å². The summed E-state index contributed by atoms with van der Waals surface area (Å²) in [6.45, 7) is 4.86. The molecule has 1 saturated carbocycles. The molecule has 0 amide bonds. The van der Waals surface area contributed by atoms with Gasteiger partial charge in [-0.25, -0.2) is 0 Å². The van der Waals surface area contributed by atoms with Gasteiger partial charge >= 0.3 is 0 Å². The van der Waals surface area contributed by atoms with E-state index in [2.05, 4.69) is 11.9 Å². The van der Waals surface area contributed by atoms with Crippen LogP contribution in [0.15, 0.2) is 18.2 Å². The standard InChI is InChI=1S/C19H32N2O2/c1-14(2)23-19-10-9-15(13-17(19)20)18(22)11-12-21(3)16-7-5-4-6-8-16/h9-10,13-14,16,18,22H,4-8,11-12,20H2,1-3H3. The van der Waals surface area contributed by atoms with Crippen LogP contribution in [0.5, 0.6) is 5.75 Å². The van der Waals surface area contributed by atoms with Crippen LogP contribution in [-0.4, -0.2) is 35.7 Å². The first-order valence-corrected chi connectivity index (χ1v) is 8.91. The molecule has 1 aromatic rings. The van der Waals surface area contributed by atoms with Crippen LogP contribution in [0.2, 0.25) is 0 Å². The zero-order chi connectivity index (χ0) is 16.8. The van der Waals surface area contributed by atoms with Crippen molar-refractivity contribution in [1.82, 2.24) is 4.90 Å². The first-order valence-electron chi connectivity index (χ1n) is 8.91. The Kier molecular flexibility index (Phi) is 6.72. The molecule has 1 fully saturated rings. The van der Waals surface area contributed by atoms with Gasteiger partial charge in [0.2, 0.25) is 0 Å². The number of aliphatic hydroxyl groups excluding tert-OH is 1. The molecule has 0 aromatic heterocycles. The highest BCUT2D eigenvalue weighted by atomic mass is 16.5. The Morgan fingerprint density at radius 2 is 1.96 bits per heavy atom. The van der Waals surface area contributed by atoms with Gasteiger partial charge in [-0.1, -0.05) is 25.3 Å². The molecule has 4 nitrogen and oxygen atoms in total. The van der Waals surface area contributed by atoms with Crippen LogP contribution in [0.1, 0.15) is 64.0 Å². The van der Waals surface area contributed by atoms with Crippen molar-refractivity contribution in [3.8, 4) is 5.75 Å². The van der Waals surface area contributed by atoms with E-state index in [4.69, 9.17) is 10.5 Å². The quantitative estimate of drug-likeness (QED) is 0.751. The monoisotopic (exact) mass is 320 g/mol. The van der Waals surface area contributed by atoms with E-state index in [1.165, 1.54) is 32.1 Å². The van der Waals surface area contributed by atoms with Crippen molar-refractivity contribution < 1.29 is 9.84 Å². The van der Waals surface area contributed by atoms with Gasteiger partial charge in [0, 0.05) is 12.6 Å². The molecule has 0 heterocycles. The maximum atomic E-state index is 10.4. The highest BCUT2D eigenvalue weighted by Gasteiger charge is 2.19. The van der Waals surface area contributed by atoms with Crippen molar-refractivity contribution in [3.05, 3.63) is 23.8 Å². The van der Waals surface area contributed by atoms with E-state index in [0.29, 0.717) is 17.5 Å². The van der Waals surface area contributed by atoms with Gasteiger partial charge in [-0.2, -0.15) is 0 Å². The van der Waals surface area contributed by atoms with Gasteiger partial charge in [0.05, 0.1) is 17.9 Å². The van der Waals surface area contributed by atoms with Gasteiger partial charge in [-0.3, -0.25) is 0 Å². The van der Waals surface area contributed by atoms with Crippen LogP contribution in [0.3, 0.4) is 0 Å². The number of anilines is 1. The second-order valence-corrected chi connectivity index (χ2v) is 7.04. The number of rotatable bonds is 7. The summed E-state index contributed by atoms with van der Waals surface area (Å²) in [6, 6.07) is 6.30. The van der Waals surface area contributed by atoms with Gasteiger partial charge in [-0.05, 0) is 57.9 Å². The number of aliphatic hydroxyl groups is 1. The Morgan fingerprint density at radius 1 is 1.26 bits per heavy atom. The number of hydrogen-bond acceptors (Lipinski definition) is 4. The van der Waals surface area contributed by atoms with Crippen LogP contribution >= 0.6 is 0 Å². The summed E-state index contributed by atoms with van der Waals surface area (Å²) in [4.78, 5) is 2.40. The SMILES string of the molecule is CC(C)Oc1ccc(C(O)CCN(C)C2CCCCC2)cc1N. The molecule has 0 aliphatic heterocycles. The molecular formula is C19H32N2O2. The summed E-state index contributed by atoms with van der Waals surface area (Å²) >= 11 is 0. The normalized spacial score (nSPS) is 17.7. The topological polar surface area (TPSA) is 58.7 Å². The average Bonchev–Trinajstić information content (AvgIpc) is 2.54. The summed E-state index contributed by atoms with van der Waals surface area (Å²) in [7, 11) is 2.18. The fourth-order valence-electron chi connectivity index (χ4n) is 3.33. The smallest absolute Gasteiger partial charge is 0.142 e. The largest absolute Gasteiger partial charge is 0.489 e. The van der Waals surface area contributed by atoms with E-state index in [-0.39, 0.29) is 6.10 Å². The van der Waals surface area contributed by atoms with E-state index in [9.17, 15) is 5.11 Å². The van der Waals surface area contributed by atoms with E-state index in [1.807, 2.05) is 32.0 Å². The number of benzene rings is 1. The number of nitrogens with zero attached hydrogens (tertiary/aromatic N) is 1. The van der Waals surface area contributed by atoms with E-state index in [0.717, 1.165) is 18.5 Å². The number of nitrogens with two attached hydrogens (primary N) is 1. The van der Waals surface area contributed by atoms with Crippen LogP contribution in [-0.2, 0) is 0 Å². The molecule has 0 radical (unpaired) electrons. The number of nitrogen functional groups attached to an aromatic ring is 1. The maximum Gasteiger partial charge on any atom is 0.142 e. The second-order valence-electron chi connectivity index (χ2n) is 7.04. The van der Waals surface area contributed by atoms with Crippen molar-refractivity contribution in [2.24, 2.45) is 0 Å². The minimum atomic E-state index is -0.476. The lowest BCUT2D eigenvalue weighted by molar-refractivity contribution is 0.125. The lowest BCUT2D eigenvalue weighted by atomic mass is 9.94. The third-order valence-corrected chi connectivity index (χ3v) is 4.73. The molecule has 1 unspecified atom stereocenters. The summed E-state index contributed by atoms with van der Waals surface area (Å²) < 4.78 is 5.64. The Hall–Kier alpha value is -1.26. The van der Waals surface area contributed by atoms with Gasteiger partial charge < -0.3 is 20.5 Å². The summed E-state index contributed by atoms with van der Waals surface area (Å²) in [6.07, 6.45) is 6.99.